The fourth-order valence-electron chi connectivity index (χ4n) is 4.02. The highest BCUT2D eigenvalue weighted by Crippen LogP contribution is 2.24. The number of guanidine groups is 1. The lowest BCUT2D eigenvalue weighted by Gasteiger charge is -2.39. The van der Waals surface area contributed by atoms with Crippen molar-refractivity contribution in [1.29, 1.82) is 0 Å². The summed E-state index contributed by atoms with van der Waals surface area (Å²) in [6.45, 7) is 7.52. The molecule has 1 aromatic carbocycles. The number of nitrogens with one attached hydrogen (secondary N) is 1. The molecule has 1 N–H and O–H groups in total. The Kier molecular flexibility index (Phi) is 8.16. The van der Waals surface area contributed by atoms with E-state index in [4.69, 9.17) is 0 Å². The molecule has 2 fully saturated rings. The topological polar surface area (TPSA) is 65.0 Å². The molecule has 158 valence electrons. The maximum Gasteiger partial charge on any atom is 0.193 e. The molecule has 6 nitrogen and oxygen atoms in total. The first-order chi connectivity index (χ1) is 12.8. The minimum absolute atomic E-state index is 0. The molecule has 0 aromatic heterocycles. The molecule has 1 atom stereocenters. The molecule has 0 bridgehead atoms. The van der Waals surface area contributed by atoms with Crippen LogP contribution in [0, 0.1) is 0 Å². The number of hydrogen-bond donors (Lipinski definition) is 1. The smallest absolute Gasteiger partial charge is 0.193 e. The summed E-state index contributed by atoms with van der Waals surface area (Å²) in [4.78, 5) is 9.02. The van der Waals surface area contributed by atoms with E-state index in [1.54, 1.807) is 20.9 Å². The van der Waals surface area contributed by atoms with E-state index in [9.17, 15) is 8.42 Å². The van der Waals surface area contributed by atoms with Crippen molar-refractivity contribution in [3.63, 3.8) is 0 Å². The van der Waals surface area contributed by atoms with Crippen LogP contribution in [-0.2, 0) is 16.4 Å². The molecule has 0 aliphatic carbocycles. The van der Waals surface area contributed by atoms with Gasteiger partial charge in [-0.25, -0.2) is 8.42 Å². The van der Waals surface area contributed by atoms with Crippen LogP contribution in [0.4, 0.5) is 0 Å². The predicted molar refractivity (Wildman–Crippen MR) is 126 cm³/mol. The minimum atomic E-state index is -3.04. The van der Waals surface area contributed by atoms with E-state index in [-0.39, 0.29) is 29.7 Å². The van der Waals surface area contributed by atoms with Gasteiger partial charge < -0.3 is 10.2 Å². The van der Waals surface area contributed by atoms with Crippen LogP contribution in [-0.4, -0.2) is 73.9 Å². The third-order valence-electron chi connectivity index (χ3n) is 5.78. The first kappa shape index (κ1) is 23.4. The molecule has 0 radical (unpaired) electrons. The lowest BCUT2D eigenvalue weighted by molar-refractivity contribution is 0.242. The predicted octanol–water partition coefficient (Wildman–Crippen LogP) is 2.35. The Hall–Kier alpha value is -0.870. The molecule has 28 heavy (non-hydrogen) atoms. The van der Waals surface area contributed by atoms with Crippen molar-refractivity contribution >= 4 is 39.8 Å². The van der Waals surface area contributed by atoms with Gasteiger partial charge in [0.05, 0.1) is 10.5 Å². The third-order valence-corrected chi connectivity index (χ3v) is 8.31. The molecular weight excluding hydrogens is 487 g/mol. The maximum atomic E-state index is 12.2. The molecule has 2 heterocycles. The van der Waals surface area contributed by atoms with E-state index in [1.165, 1.54) is 18.4 Å². The van der Waals surface area contributed by atoms with Crippen LogP contribution in [0.25, 0.3) is 0 Å². The highest BCUT2D eigenvalue weighted by Gasteiger charge is 2.41. The minimum Gasteiger partial charge on any atom is -0.355 e. The summed E-state index contributed by atoms with van der Waals surface area (Å²) < 4.78 is 23.8. The number of rotatable bonds is 4. The zero-order valence-electron chi connectivity index (χ0n) is 17.1. The normalized spacial score (nSPS) is 24.6. The van der Waals surface area contributed by atoms with Gasteiger partial charge in [0.1, 0.15) is 0 Å². The highest BCUT2D eigenvalue weighted by molar-refractivity contribution is 14.0. The van der Waals surface area contributed by atoms with Gasteiger partial charge in [-0.2, -0.15) is 0 Å². The fraction of sp³-hybridized carbons (Fsp3) is 0.650. The van der Waals surface area contributed by atoms with Crippen LogP contribution in [0.3, 0.4) is 0 Å². The number of halogens is 1. The third kappa shape index (κ3) is 5.38. The lowest BCUT2D eigenvalue weighted by atomic mass is 10.1. The number of sulfone groups is 1. The molecular formula is C20H33IN4O2S. The van der Waals surface area contributed by atoms with Gasteiger partial charge in [-0.1, -0.05) is 30.3 Å². The quantitative estimate of drug-likeness (QED) is 0.375. The van der Waals surface area contributed by atoms with Crippen molar-refractivity contribution in [1.82, 2.24) is 15.1 Å². The zero-order valence-corrected chi connectivity index (χ0v) is 20.2. The first-order valence-corrected chi connectivity index (χ1v) is 11.4. The largest absolute Gasteiger partial charge is 0.355 e. The van der Waals surface area contributed by atoms with E-state index in [0.717, 1.165) is 25.6 Å². The summed E-state index contributed by atoms with van der Waals surface area (Å²) in [5.74, 6) is 0.995. The van der Waals surface area contributed by atoms with Crippen molar-refractivity contribution in [3.8, 4) is 0 Å². The fourth-order valence-corrected chi connectivity index (χ4v) is 5.38. The van der Waals surface area contributed by atoms with E-state index < -0.39 is 14.6 Å². The van der Waals surface area contributed by atoms with Crippen LogP contribution >= 0.6 is 24.0 Å². The SMILES string of the molecule is CN=C(NCC1CCCN1Cc1ccccc1)N1CCS(=O)(=O)C(C)(C)C1.I. The second-order valence-corrected chi connectivity index (χ2v) is 10.9. The number of benzene rings is 1. The Morgan fingerprint density at radius 2 is 1.96 bits per heavy atom. The zero-order chi connectivity index (χ0) is 19.5. The van der Waals surface area contributed by atoms with Crippen LogP contribution in [0.15, 0.2) is 35.3 Å². The number of likely N-dealkylation sites (tertiary alicyclic amines) is 1. The van der Waals surface area contributed by atoms with Gasteiger partial charge in [-0.3, -0.25) is 9.89 Å². The molecule has 1 unspecified atom stereocenters. The molecule has 2 aliphatic heterocycles. The van der Waals surface area contributed by atoms with Crippen LogP contribution in [0.5, 0.6) is 0 Å². The molecule has 0 amide bonds. The van der Waals surface area contributed by atoms with Crippen LogP contribution in [0.2, 0.25) is 0 Å². The summed E-state index contributed by atoms with van der Waals surface area (Å²) in [6.07, 6.45) is 2.39. The summed E-state index contributed by atoms with van der Waals surface area (Å²) in [5, 5.41) is 3.50. The van der Waals surface area contributed by atoms with E-state index >= 15 is 0 Å². The molecule has 0 spiro atoms. The van der Waals surface area contributed by atoms with Gasteiger partial charge >= 0.3 is 0 Å². The van der Waals surface area contributed by atoms with E-state index in [1.807, 2.05) is 0 Å². The van der Waals surface area contributed by atoms with Gasteiger partial charge in [0.25, 0.3) is 0 Å². The van der Waals surface area contributed by atoms with Gasteiger partial charge in [0, 0.05) is 39.3 Å². The Morgan fingerprint density at radius 3 is 2.61 bits per heavy atom. The molecule has 2 aliphatic rings. The molecule has 8 heteroatoms. The van der Waals surface area contributed by atoms with Crippen LogP contribution in [0.1, 0.15) is 32.3 Å². The molecule has 0 saturated carbocycles. The van der Waals surface area contributed by atoms with Crippen molar-refractivity contribution < 1.29 is 8.42 Å². The molecule has 1 aromatic rings. The van der Waals surface area contributed by atoms with Gasteiger partial charge in [0.15, 0.2) is 15.8 Å². The first-order valence-electron chi connectivity index (χ1n) is 9.78. The van der Waals surface area contributed by atoms with E-state index in [2.05, 4.69) is 50.4 Å². The van der Waals surface area contributed by atoms with Crippen LogP contribution < -0.4 is 5.32 Å². The van der Waals surface area contributed by atoms with Gasteiger partial charge in [-0.05, 0) is 38.8 Å². The van der Waals surface area contributed by atoms with Crippen molar-refractivity contribution in [2.24, 2.45) is 4.99 Å². The van der Waals surface area contributed by atoms with E-state index in [0.29, 0.717) is 19.1 Å². The van der Waals surface area contributed by atoms with Crippen molar-refractivity contribution in [2.45, 2.75) is 44.0 Å². The Balaban J connectivity index is 0.00000280. The Labute approximate surface area is 186 Å². The maximum absolute atomic E-state index is 12.2. The number of aliphatic imine (C=N–C) groups is 1. The van der Waals surface area contributed by atoms with Crippen molar-refractivity contribution in [2.75, 3.05) is 39.0 Å². The van der Waals surface area contributed by atoms with Gasteiger partial charge in [0.2, 0.25) is 0 Å². The summed E-state index contributed by atoms with van der Waals surface area (Å²) in [7, 11) is -1.27. The Morgan fingerprint density at radius 1 is 1.25 bits per heavy atom. The summed E-state index contributed by atoms with van der Waals surface area (Å²) >= 11 is 0. The number of hydrogen-bond acceptors (Lipinski definition) is 4. The van der Waals surface area contributed by atoms with Gasteiger partial charge in [-0.15, -0.1) is 24.0 Å². The Bertz CT molecular complexity index is 768. The second kappa shape index (κ2) is 9.75. The average molecular weight is 520 g/mol. The summed E-state index contributed by atoms with van der Waals surface area (Å²) in [5.41, 5.74) is 1.34. The van der Waals surface area contributed by atoms with Crippen molar-refractivity contribution in [3.05, 3.63) is 35.9 Å². The monoisotopic (exact) mass is 520 g/mol. The summed E-state index contributed by atoms with van der Waals surface area (Å²) in [6, 6.07) is 11.1. The molecule has 2 saturated heterocycles. The lowest BCUT2D eigenvalue weighted by Crippen LogP contribution is -2.58. The second-order valence-electron chi connectivity index (χ2n) is 8.18. The highest BCUT2D eigenvalue weighted by atomic mass is 127. The number of nitrogens with zero attached hydrogens (tertiary/aromatic N) is 3. The standard InChI is InChI=1S/C20H32N4O2S.HI/c1-20(2)16-24(12-13-27(20,25)26)19(21-3)22-14-18-10-7-11-23(18)15-17-8-5-4-6-9-17;/h4-6,8-9,18H,7,10-16H2,1-3H3,(H,21,22);1H. The molecule has 3 rings (SSSR count). The average Bonchev–Trinajstić information content (AvgIpc) is 3.06.